The number of halogens is 3. The summed E-state index contributed by atoms with van der Waals surface area (Å²) >= 11 is 0. The van der Waals surface area contributed by atoms with Gasteiger partial charge in [0.2, 0.25) is 0 Å². The van der Waals surface area contributed by atoms with Gasteiger partial charge >= 0.3 is 6.18 Å². The van der Waals surface area contributed by atoms with Gasteiger partial charge in [-0.2, -0.15) is 13.2 Å². The molecule has 1 amide bonds. The van der Waals surface area contributed by atoms with E-state index in [0.29, 0.717) is 38.2 Å². The number of unbranched alkanes of at least 4 members (excludes halogenated alkanes) is 1. The van der Waals surface area contributed by atoms with Gasteiger partial charge in [-0.15, -0.1) is 0 Å². The molecule has 1 aromatic carbocycles. The molecule has 1 aliphatic rings. The molecule has 3 rings (SSSR count). The molecule has 0 spiro atoms. The number of carbonyl (C=O) groups excluding carboxylic acids is 1. The SMILES string of the molecule is CCCCNC(=O)c1ccc(N2CCC(=Cc3ccccc3C(F)(F)F)CC2)cn1. The van der Waals surface area contributed by atoms with Crippen LogP contribution in [0.5, 0.6) is 0 Å². The average molecular weight is 417 g/mol. The minimum Gasteiger partial charge on any atom is -0.370 e. The van der Waals surface area contributed by atoms with Crippen LogP contribution in [0.15, 0.2) is 48.2 Å². The van der Waals surface area contributed by atoms with Crippen LogP contribution >= 0.6 is 0 Å². The summed E-state index contributed by atoms with van der Waals surface area (Å²) in [5.41, 5.74) is 1.92. The Bertz CT molecular complexity index is 881. The summed E-state index contributed by atoms with van der Waals surface area (Å²) in [6.45, 7) is 4.10. The molecule has 0 aliphatic carbocycles. The third-order valence-electron chi connectivity index (χ3n) is 5.19. The summed E-state index contributed by atoms with van der Waals surface area (Å²) in [6, 6.07) is 9.25. The number of hydrogen-bond acceptors (Lipinski definition) is 3. The van der Waals surface area contributed by atoms with Crippen molar-refractivity contribution in [2.24, 2.45) is 0 Å². The lowest BCUT2D eigenvalue weighted by Gasteiger charge is -2.30. The Kier molecular flexibility index (Phi) is 7.13. The molecule has 0 radical (unpaired) electrons. The molecule has 1 fully saturated rings. The summed E-state index contributed by atoms with van der Waals surface area (Å²) in [6.07, 6.45) is 2.31. The second kappa shape index (κ2) is 9.78. The molecule has 1 aliphatic heterocycles. The number of anilines is 1. The first-order chi connectivity index (χ1) is 14.4. The quantitative estimate of drug-likeness (QED) is 0.648. The van der Waals surface area contributed by atoms with Gasteiger partial charge < -0.3 is 10.2 Å². The molecule has 160 valence electrons. The van der Waals surface area contributed by atoms with Crippen molar-refractivity contribution in [3.05, 3.63) is 65.0 Å². The second-order valence-electron chi connectivity index (χ2n) is 7.39. The molecule has 4 nitrogen and oxygen atoms in total. The third-order valence-corrected chi connectivity index (χ3v) is 5.19. The molecule has 0 atom stereocenters. The van der Waals surface area contributed by atoms with Gasteiger partial charge in [-0.25, -0.2) is 4.98 Å². The van der Waals surface area contributed by atoms with E-state index in [0.717, 1.165) is 30.2 Å². The van der Waals surface area contributed by atoms with Crippen molar-refractivity contribution in [3.8, 4) is 0 Å². The Morgan fingerprint density at radius 1 is 1.17 bits per heavy atom. The van der Waals surface area contributed by atoms with Gasteiger partial charge in [-0.05, 0) is 43.0 Å². The lowest BCUT2D eigenvalue weighted by Crippen LogP contribution is -2.31. The zero-order valence-electron chi connectivity index (χ0n) is 17.0. The molecule has 1 N–H and O–H groups in total. The van der Waals surface area contributed by atoms with Gasteiger partial charge in [0.25, 0.3) is 5.91 Å². The number of amides is 1. The predicted octanol–water partition coefficient (Wildman–Crippen LogP) is 5.31. The summed E-state index contributed by atoms with van der Waals surface area (Å²) < 4.78 is 39.6. The highest BCUT2D eigenvalue weighted by Crippen LogP contribution is 2.34. The number of rotatable bonds is 6. The standard InChI is InChI=1S/C23H26F3N3O/c1-2-3-12-27-22(30)21-9-8-19(16-28-21)29-13-10-17(11-14-29)15-18-6-4-5-7-20(18)23(24,25)26/h4-9,15-16H,2-3,10-14H2,1H3,(H,27,30). The van der Waals surface area contributed by atoms with Crippen molar-refractivity contribution < 1.29 is 18.0 Å². The summed E-state index contributed by atoms with van der Waals surface area (Å²) in [5.74, 6) is -0.179. The van der Waals surface area contributed by atoms with Crippen LogP contribution in [-0.2, 0) is 6.18 Å². The van der Waals surface area contributed by atoms with Crippen molar-refractivity contribution in [1.29, 1.82) is 0 Å². The van der Waals surface area contributed by atoms with Crippen molar-refractivity contribution in [2.45, 2.75) is 38.8 Å². The lowest BCUT2D eigenvalue weighted by molar-refractivity contribution is -0.137. The fraction of sp³-hybridized carbons (Fsp3) is 0.391. The topological polar surface area (TPSA) is 45.2 Å². The normalized spacial score (nSPS) is 14.5. The lowest BCUT2D eigenvalue weighted by atomic mass is 9.98. The predicted molar refractivity (Wildman–Crippen MR) is 112 cm³/mol. The number of nitrogens with zero attached hydrogens (tertiary/aromatic N) is 2. The van der Waals surface area contributed by atoms with Crippen molar-refractivity contribution in [3.63, 3.8) is 0 Å². The van der Waals surface area contributed by atoms with E-state index in [1.807, 2.05) is 6.07 Å². The summed E-state index contributed by atoms with van der Waals surface area (Å²) in [7, 11) is 0. The first kappa shape index (κ1) is 21.9. The highest BCUT2D eigenvalue weighted by Gasteiger charge is 2.32. The molecule has 30 heavy (non-hydrogen) atoms. The van der Waals surface area contributed by atoms with E-state index < -0.39 is 11.7 Å². The van der Waals surface area contributed by atoms with Crippen molar-refractivity contribution >= 4 is 17.7 Å². The Hall–Kier alpha value is -2.83. The Morgan fingerprint density at radius 3 is 2.53 bits per heavy atom. The zero-order valence-corrected chi connectivity index (χ0v) is 17.0. The van der Waals surface area contributed by atoms with Crippen LogP contribution in [0.2, 0.25) is 0 Å². The highest BCUT2D eigenvalue weighted by atomic mass is 19.4. The number of benzene rings is 1. The number of hydrogen-bond donors (Lipinski definition) is 1. The van der Waals surface area contributed by atoms with Gasteiger partial charge in [0, 0.05) is 19.6 Å². The fourth-order valence-electron chi connectivity index (χ4n) is 3.47. The average Bonchev–Trinajstić information content (AvgIpc) is 2.74. The molecule has 0 bridgehead atoms. The summed E-state index contributed by atoms with van der Waals surface area (Å²) in [4.78, 5) is 18.4. The number of carbonyl (C=O) groups is 1. The smallest absolute Gasteiger partial charge is 0.370 e. The maximum Gasteiger partial charge on any atom is 0.416 e. The largest absolute Gasteiger partial charge is 0.416 e. The maximum absolute atomic E-state index is 13.2. The van der Waals surface area contributed by atoms with Crippen LogP contribution in [0.3, 0.4) is 0 Å². The molecule has 2 heterocycles. The number of nitrogens with one attached hydrogen (secondary N) is 1. The Labute approximate surface area is 174 Å². The highest BCUT2D eigenvalue weighted by molar-refractivity contribution is 5.92. The molecular formula is C23H26F3N3O. The maximum atomic E-state index is 13.2. The molecule has 2 aromatic rings. The van der Waals surface area contributed by atoms with Crippen LogP contribution in [-0.4, -0.2) is 30.5 Å². The molecule has 0 unspecified atom stereocenters. The van der Waals surface area contributed by atoms with E-state index >= 15 is 0 Å². The van der Waals surface area contributed by atoms with Gasteiger partial charge in [0.1, 0.15) is 5.69 Å². The van der Waals surface area contributed by atoms with E-state index in [9.17, 15) is 18.0 Å². The van der Waals surface area contributed by atoms with E-state index in [1.54, 1.807) is 24.4 Å². The zero-order chi connectivity index (χ0) is 21.6. The number of pyridine rings is 1. The number of piperidine rings is 1. The minimum absolute atomic E-state index is 0.179. The molecular weight excluding hydrogens is 391 g/mol. The summed E-state index contributed by atoms with van der Waals surface area (Å²) in [5, 5.41) is 2.84. The Morgan fingerprint density at radius 2 is 1.90 bits per heavy atom. The first-order valence-electron chi connectivity index (χ1n) is 10.2. The third kappa shape index (κ3) is 5.62. The van der Waals surface area contributed by atoms with Crippen LogP contribution in [0.1, 0.15) is 54.2 Å². The fourth-order valence-corrected chi connectivity index (χ4v) is 3.47. The second-order valence-corrected chi connectivity index (χ2v) is 7.39. The van der Waals surface area contributed by atoms with Gasteiger partial charge in [0.15, 0.2) is 0 Å². The van der Waals surface area contributed by atoms with E-state index in [4.69, 9.17) is 0 Å². The van der Waals surface area contributed by atoms with Crippen molar-refractivity contribution in [2.75, 3.05) is 24.5 Å². The van der Waals surface area contributed by atoms with Crippen LogP contribution in [0, 0.1) is 0 Å². The van der Waals surface area contributed by atoms with Gasteiger partial charge in [-0.1, -0.05) is 43.2 Å². The van der Waals surface area contributed by atoms with Gasteiger partial charge in [-0.3, -0.25) is 4.79 Å². The van der Waals surface area contributed by atoms with Gasteiger partial charge in [0.05, 0.1) is 17.4 Å². The van der Waals surface area contributed by atoms with E-state index in [1.165, 1.54) is 12.1 Å². The Balaban J connectivity index is 1.61. The minimum atomic E-state index is -4.36. The van der Waals surface area contributed by atoms with E-state index in [-0.39, 0.29) is 11.5 Å². The van der Waals surface area contributed by atoms with Crippen molar-refractivity contribution in [1.82, 2.24) is 10.3 Å². The molecule has 0 saturated carbocycles. The number of alkyl halides is 3. The number of aromatic nitrogens is 1. The first-order valence-corrected chi connectivity index (χ1v) is 10.2. The molecule has 1 saturated heterocycles. The molecule has 1 aromatic heterocycles. The van der Waals surface area contributed by atoms with Crippen LogP contribution in [0.25, 0.3) is 6.08 Å². The van der Waals surface area contributed by atoms with Crippen LogP contribution < -0.4 is 10.2 Å². The molecule has 7 heteroatoms. The van der Waals surface area contributed by atoms with Crippen LogP contribution in [0.4, 0.5) is 18.9 Å². The van der Waals surface area contributed by atoms with E-state index in [2.05, 4.69) is 22.1 Å². The monoisotopic (exact) mass is 417 g/mol.